The summed E-state index contributed by atoms with van der Waals surface area (Å²) in [5.74, 6) is 0.270. The van der Waals surface area contributed by atoms with Gasteiger partial charge in [0.25, 0.3) is 0 Å². The number of nitrogens with one attached hydrogen (secondary N) is 1. The zero-order valence-electron chi connectivity index (χ0n) is 23.5. The number of halogens is 3. The van der Waals surface area contributed by atoms with Crippen LogP contribution in [0.5, 0.6) is 5.75 Å². The number of hydrogen-bond donors (Lipinski definition) is 1. The van der Waals surface area contributed by atoms with Gasteiger partial charge in [-0.05, 0) is 77.5 Å². The highest BCUT2D eigenvalue weighted by Crippen LogP contribution is 2.53. The topological polar surface area (TPSA) is 66.5 Å². The lowest BCUT2D eigenvalue weighted by Crippen LogP contribution is -2.50. The lowest BCUT2D eigenvalue weighted by molar-refractivity contribution is -0.137. The van der Waals surface area contributed by atoms with Crippen LogP contribution in [0.2, 0.25) is 0 Å². The molecule has 3 atom stereocenters. The maximum absolute atomic E-state index is 13.7. The first-order valence-corrected chi connectivity index (χ1v) is 13.9. The second-order valence-electron chi connectivity index (χ2n) is 11.5. The van der Waals surface area contributed by atoms with Gasteiger partial charge in [0.15, 0.2) is 0 Å². The molecule has 0 aliphatic carbocycles. The van der Waals surface area contributed by atoms with E-state index in [1.807, 2.05) is 46.1 Å². The quantitative estimate of drug-likeness (QED) is 0.369. The third kappa shape index (κ3) is 6.04. The largest absolute Gasteiger partial charge is 0.491 e. The van der Waals surface area contributed by atoms with E-state index in [1.54, 1.807) is 0 Å². The third-order valence-corrected chi connectivity index (χ3v) is 7.85. The molecule has 0 saturated carbocycles. The maximum atomic E-state index is 13.7. The summed E-state index contributed by atoms with van der Waals surface area (Å²) in [6.45, 7) is 6.23. The van der Waals surface area contributed by atoms with Crippen LogP contribution in [0.1, 0.15) is 73.1 Å². The zero-order chi connectivity index (χ0) is 28.5. The van der Waals surface area contributed by atoms with Gasteiger partial charge < -0.3 is 14.4 Å². The molecule has 0 bridgehead atoms. The van der Waals surface area contributed by atoms with E-state index in [2.05, 4.69) is 37.3 Å². The van der Waals surface area contributed by atoms with Gasteiger partial charge in [0.05, 0.1) is 29.9 Å². The van der Waals surface area contributed by atoms with E-state index >= 15 is 0 Å². The number of rotatable bonds is 8. The van der Waals surface area contributed by atoms with Gasteiger partial charge in [-0.1, -0.05) is 30.3 Å². The number of likely N-dealkylation sites (tertiary alicyclic amines) is 1. The second kappa shape index (κ2) is 11.5. The van der Waals surface area contributed by atoms with Crippen molar-refractivity contribution < 1.29 is 22.6 Å². The van der Waals surface area contributed by atoms with Crippen LogP contribution in [0, 0.1) is 0 Å². The van der Waals surface area contributed by atoms with E-state index in [9.17, 15) is 13.2 Å². The molecule has 10 heteroatoms. The summed E-state index contributed by atoms with van der Waals surface area (Å²) >= 11 is 0. The van der Waals surface area contributed by atoms with Gasteiger partial charge >= 0.3 is 6.18 Å². The highest BCUT2D eigenvalue weighted by atomic mass is 19.4. The number of nitrogens with zero attached hydrogens (tertiary/aromatic N) is 4. The predicted octanol–water partition coefficient (Wildman–Crippen LogP) is 5.95. The molecule has 2 aliphatic rings. The molecule has 2 aliphatic heterocycles. The molecule has 216 valence electrons. The molecule has 7 nitrogen and oxygen atoms in total. The maximum Gasteiger partial charge on any atom is 0.416 e. The Morgan fingerprint density at radius 3 is 2.58 bits per heavy atom. The Bertz CT molecular complexity index is 1280. The second-order valence-corrected chi connectivity index (χ2v) is 11.5. The van der Waals surface area contributed by atoms with Crippen LogP contribution in [0.3, 0.4) is 0 Å². The number of piperidine rings is 1. The molecule has 0 unspecified atom stereocenters. The fraction of sp³-hybridized carbons (Fsp3) is 0.533. The van der Waals surface area contributed by atoms with Gasteiger partial charge in [-0.3, -0.25) is 4.90 Å². The number of hydrogen-bond acceptors (Lipinski definition) is 6. The molecule has 1 aromatic heterocycles. The van der Waals surface area contributed by atoms with Gasteiger partial charge in [-0.25, -0.2) is 0 Å². The van der Waals surface area contributed by atoms with Crippen LogP contribution >= 0.6 is 0 Å². The Labute approximate surface area is 233 Å². The van der Waals surface area contributed by atoms with E-state index in [1.165, 1.54) is 12.1 Å². The molecule has 2 aromatic carbocycles. The summed E-state index contributed by atoms with van der Waals surface area (Å²) in [6.07, 6.45) is -2.26. The Morgan fingerprint density at radius 2 is 1.88 bits per heavy atom. The number of benzene rings is 2. The Balaban J connectivity index is 1.50. The van der Waals surface area contributed by atoms with Crippen molar-refractivity contribution in [2.45, 2.75) is 76.0 Å². The minimum atomic E-state index is -4.43. The van der Waals surface area contributed by atoms with E-state index in [-0.39, 0.29) is 18.1 Å². The van der Waals surface area contributed by atoms with Crippen molar-refractivity contribution >= 4 is 0 Å². The first-order chi connectivity index (χ1) is 19.1. The van der Waals surface area contributed by atoms with Crippen molar-refractivity contribution in [1.82, 2.24) is 25.2 Å². The van der Waals surface area contributed by atoms with E-state index in [0.717, 1.165) is 42.4 Å². The van der Waals surface area contributed by atoms with Gasteiger partial charge in [-0.2, -0.15) is 28.6 Å². The average molecular weight is 558 g/mol. The van der Waals surface area contributed by atoms with Gasteiger partial charge in [0, 0.05) is 24.6 Å². The molecule has 2 fully saturated rings. The van der Waals surface area contributed by atoms with Crippen molar-refractivity contribution in [2.24, 2.45) is 0 Å². The number of H-pyrrole nitrogens is 1. The Kier molecular flexibility index (Phi) is 8.22. The number of aromatic nitrogens is 3. The molecule has 3 aromatic rings. The summed E-state index contributed by atoms with van der Waals surface area (Å²) in [6, 6.07) is 14.0. The first kappa shape index (κ1) is 28.6. The minimum Gasteiger partial charge on any atom is -0.491 e. The molecule has 1 N–H and O–H groups in total. The third-order valence-electron chi connectivity index (χ3n) is 7.85. The summed E-state index contributed by atoms with van der Waals surface area (Å²) in [5, 5.41) is 11.6. The number of aromatic amines is 1. The van der Waals surface area contributed by atoms with Crippen molar-refractivity contribution in [3.05, 3.63) is 76.6 Å². The molecule has 5 rings (SSSR count). The molecular formula is C30H38F3N5O2. The summed E-state index contributed by atoms with van der Waals surface area (Å²) < 4.78 is 53.9. The van der Waals surface area contributed by atoms with Gasteiger partial charge in [-0.15, -0.1) is 0 Å². The van der Waals surface area contributed by atoms with Crippen molar-refractivity contribution in [3.8, 4) is 5.75 Å². The Hall–Kier alpha value is -2.95. The first-order valence-electron chi connectivity index (χ1n) is 13.9. The summed E-state index contributed by atoms with van der Waals surface area (Å²) in [5.41, 5.74) is 2.27. The molecule has 3 heterocycles. The van der Waals surface area contributed by atoms with E-state index in [0.29, 0.717) is 37.4 Å². The lowest BCUT2D eigenvalue weighted by Gasteiger charge is -2.48. The lowest BCUT2D eigenvalue weighted by atomic mass is 9.75. The standard InChI is InChI=1S/C30H38F3N5O2/c1-20(2)40-27-12-11-23(30(31,32)33)15-24(27)22-16-29(39-19-22)13-8-14-38(28(29)21-9-6-5-7-10-21)18-26-25(17-37(3)4)34-36-35-26/h5-7,9-12,15,20,22,28H,8,13-14,16-19H2,1-4H3,(H,34,35,36)/t22-,28+,29-/m1/s1. The molecule has 40 heavy (non-hydrogen) atoms. The summed E-state index contributed by atoms with van der Waals surface area (Å²) in [4.78, 5) is 4.46. The number of ether oxygens (including phenoxy) is 2. The molecular weight excluding hydrogens is 519 g/mol. The number of alkyl halides is 3. The molecule has 2 saturated heterocycles. The zero-order valence-corrected chi connectivity index (χ0v) is 23.5. The van der Waals surface area contributed by atoms with Crippen LogP contribution in [0.25, 0.3) is 0 Å². The SMILES string of the molecule is CC(C)Oc1ccc(C(F)(F)F)cc1[C@H]1CO[C@]2(CCCN(Cc3n[nH]nc3CN(C)C)[C@H]2c2ccccc2)C1. The molecule has 0 radical (unpaired) electrons. The predicted molar refractivity (Wildman–Crippen MR) is 146 cm³/mol. The van der Waals surface area contributed by atoms with Gasteiger partial charge in [0.1, 0.15) is 17.1 Å². The van der Waals surface area contributed by atoms with Gasteiger partial charge in [0.2, 0.25) is 0 Å². The van der Waals surface area contributed by atoms with Crippen LogP contribution in [0.4, 0.5) is 13.2 Å². The Morgan fingerprint density at radius 1 is 1.12 bits per heavy atom. The van der Waals surface area contributed by atoms with Crippen LogP contribution in [0.15, 0.2) is 48.5 Å². The van der Waals surface area contributed by atoms with Crippen LogP contribution in [-0.4, -0.2) is 64.2 Å². The summed E-state index contributed by atoms with van der Waals surface area (Å²) in [7, 11) is 4.00. The fourth-order valence-corrected chi connectivity index (χ4v) is 6.29. The highest BCUT2D eigenvalue weighted by Gasteiger charge is 2.52. The minimum absolute atomic E-state index is 0.0865. The normalized spacial score (nSPS) is 23.9. The van der Waals surface area contributed by atoms with Crippen molar-refractivity contribution in [3.63, 3.8) is 0 Å². The van der Waals surface area contributed by atoms with Crippen LogP contribution < -0.4 is 4.74 Å². The van der Waals surface area contributed by atoms with Crippen molar-refractivity contribution in [1.29, 1.82) is 0 Å². The van der Waals surface area contributed by atoms with E-state index in [4.69, 9.17) is 9.47 Å². The average Bonchev–Trinajstić information content (AvgIpc) is 3.51. The van der Waals surface area contributed by atoms with Crippen molar-refractivity contribution in [2.75, 3.05) is 27.2 Å². The van der Waals surface area contributed by atoms with Crippen LogP contribution in [-0.2, 0) is 24.0 Å². The molecule has 0 amide bonds. The fourth-order valence-electron chi connectivity index (χ4n) is 6.29. The van der Waals surface area contributed by atoms with E-state index < -0.39 is 17.3 Å². The molecule has 1 spiro atoms. The smallest absolute Gasteiger partial charge is 0.416 e. The highest BCUT2D eigenvalue weighted by molar-refractivity contribution is 5.42. The monoisotopic (exact) mass is 557 g/mol.